The highest BCUT2D eigenvalue weighted by Crippen LogP contribution is 2.09. The van der Waals surface area contributed by atoms with Crippen molar-refractivity contribution in [1.29, 1.82) is 0 Å². The summed E-state index contributed by atoms with van der Waals surface area (Å²) in [6.07, 6.45) is 2.65. The Bertz CT molecular complexity index is 310. The number of rotatable bonds is 5. The minimum Gasteiger partial charge on any atom is -0.393 e. The van der Waals surface area contributed by atoms with E-state index >= 15 is 0 Å². The maximum atomic E-state index is 11.9. The fourth-order valence-electron chi connectivity index (χ4n) is 1.85. The molecular formula is C11H19N3O2S. The maximum Gasteiger partial charge on any atom is 0.230 e. The standard InChI is InChI=1S/C11H19N3O2S/c1-2-3-8(10(12)17)11(16)14-7-4-5-9(15)13-6-7/h7-8H,2-6H2,1H3,(H2,12,17)(H,13,15)(H,14,16). The number of nitrogens with two attached hydrogens (primary N) is 1. The second-order valence-corrected chi connectivity index (χ2v) is 4.76. The second-order valence-electron chi connectivity index (χ2n) is 4.29. The van der Waals surface area contributed by atoms with Gasteiger partial charge >= 0.3 is 0 Å². The van der Waals surface area contributed by atoms with Crippen LogP contribution in [-0.2, 0) is 9.59 Å². The van der Waals surface area contributed by atoms with Crippen LogP contribution in [0.5, 0.6) is 0 Å². The summed E-state index contributed by atoms with van der Waals surface area (Å²) in [5.41, 5.74) is 5.55. The Balaban J connectivity index is 2.46. The Morgan fingerprint density at radius 3 is 2.88 bits per heavy atom. The van der Waals surface area contributed by atoms with Crippen molar-refractivity contribution < 1.29 is 9.59 Å². The molecule has 0 aliphatic carbocycles. The molecule has 0 aromatic carbocycles. The fraction of sp³-hybridized carbons (Fsp3) is 0.727. The van der Waals surface area contributed by atoms with Crippen molar-refractivity contribution in [2.24, 2.45) is 11.7 Å². The van der Waals surface area contributed by atoms with Crippen molar-refractivity contribution in [1.82, 2.24) is 10.6 Å². The van der Waals surface area contributed by atoms with Gasteiger partial charge in [0.15, 0.2) is 0 Å². The molecule has 96 valence electrons. The molecule has 0 aromatic heterocycles. The van der Waals surface area contributed by atoms with Crippen LogP contribution in [0.4, 0.5) is 0 Å². The predicted molar refractivity (Wildman–Crippen MR) is 69.4 cm³/mol. The Morgan fingerprint density at radius 1 is 1.71 bits per heavy atom. The number of carbonyl (C=O) groups is 2. The fourth-order valence-corrected chi connectivity index (χ4v) is 2.07. The van der Waals surface area contributed by atoms with Crippen LogP contribution in [0.1, 0.15) is 32.6 Å². The highest BCUT2D eigenvalue weighted by atomic mass is 32.1. The van der Waals surface area contributed by atoms with Crippen molar-refractivity contribution in [3.8, 4) is 0 Å². The summed E-state index contributed by atoms with van der Waals surface area (Å²) in [5, 5.41) is 5.60. The van der Waals surface area contributed by atoms with Crippen LogP contribution in [0.25, 0.3) is 0 Å². The van der Waals surface area contributed by atoms with Crippen LogP contribution < -0.4 is 16.4 Å². The van der Waals surface area contributed by atoms with Crippen LogP contribution in [0, 0.1) is 5.92 Å². The SMILES string of the molecule is CCCC(C(=O)NC1CCC(=O)NC1)C(N)=S. The lowest BCUT2D eigenvalue weighted by atomic mass is 10.0. The third-order valence-electron chi connectivity index (χ3n) is 2.85. The zero-order valence-electron chi connectivity index (χ0n) is 9.99. The van der Waals surface area contributed by atoms with E-state index in [9.17, 15) is 9.59 Å². The van der Waals surface area contributed by atoms with E-state index in [0.717, 1.165) is 6.42 Å². The Morgan fingerprint density at radius 2 is 2.41 bits per heavy atom. The molecule has 1 aliphatic rings. The molecule has 1 rings (SSSR count). The molecule has 0 bridgehead atoms. The first-order chi connectivity index (χ1) is 8.04. The zero-order chi connectivity index (χ0) is 12.8. The molecule has 0 aromatic rings. The van der Waals surface area contributed by atoms with Crippen molar-refractivity contribution in [2.45, 2.75) is 38.6 Å². The van der Waals surface area contributed by atoms with Gasteiger partial charge in [0.1, 0.15) is 0 Å². The van der Waals surface area contributed by atoms with Crippen LogP contribution in [0.2, 0.25) is 0 Å². The molecule has 6 heteroatoms. The molecule has 1 heterocycles. The average molecular weight is 257 g/mol. The minimum absolute atomic E-state index is 0.00564. The smallest absolute Gasteiger partial charge is 0.230 e. The van der Waals surface area contributed by atoms with E-state index in [0.29, 0.717) is 25.8 Å². The summed E-state index contributed by atoms with van der Waals surface area (Å²) in [5.74, 6) is -0.483. The molecule has 2 unspecified atom stereocenters. The summed E-state index contributed by atoms with van der Waals surface area (Å²) in [6.45, 7) is 2.47. The normalized spacial score (nSPS) is 21.5. The van der Waals surface area contributed by atoms with Crippen LogP contribution in [-0.4, -0.2) is 29.4 Å². The Labute approximate surface area is 107 Å². The van der Waals surface area contributed by atoms with Gasteiger partial charge in [-0.2, -0.15) is 0 Å². The zero-order valence-corrected chi connectivity index (χ0v) is 10.8. The monoisotopic (exact) mass is 257 g/mol. The lowest BCUT2D eigenvalue weighted by molar-refractivity contribution is -0.126. The van der Waals surface area contributed by atoms with Crippen molar-refractivity contribution >= 4 is 29.0 Å². The molecule has 1 fully saturated rings. The van der Waals surface area contributed by atoms with E-state index < -0.39 is 5.92 Å². The summed E-state index contributed by atoms with van der Waals surface area (Å²) in [7, 11) is 0. The molecule has 2 amide bonds. The third-order valence-corrected chi connectivity index (χ3v) is 3.13. The molecule has 2 atom stereocenters. The molecule has 1 aliphatic heterocycles. The van der Waals surface area contributed by atoms with E-state index in [1.807, 2.05) is 6.92 Å². The van der Waals surface area contributed by atoms with Gasteiger partial charge in [-0.25, -0.2) is 0 Å². The van der Waals surface area contributed by atoms with Gasteiger partial charge in [0.25, 0.3) is 0 Å². The van der Waals surface area contributed by atoms with Crippen molar-refractivity contribution in [3.63, 3.8) is 0 Å². The molecular weight excluding hydrogens is 238 g/mol. The lowest BCUT2D eigenvalue weighted by Gasteiger charge is -2.25. The number of hydrogen-bond donors (Lipinski definition) is 3. The van der Waals surface area contributed by atoms with E-state index in [2.05, 4.69) is 10.6 Å². The molecule has 1 saturated heterocycles. The highest BCUT2D eigenvalue weighted by Gasteiger charge is 2.25. The van der Waals surface area contributed by atoms with Gasteiger partial charge in [-0.15, -0.1) is 0 Å². The molecule has 4 N–H and O–H groups in total. The van der Waals surface area contributed by atoms with Crippen LogP contribution in [0.15, 0.2) is 0 Å². The summed E-state index contributed by atoms with van der Waals surface area (Å²) < 4.78 is 0. The van der Waals surface area contributed by atoms with Gasteiger partial charge in [0.05, 0.1) is 10.9 Å². The predicted octanol–water partition coefficient (Wildman–Crippen LogP) is 0.0836. The molecule has 0 spiro atoms. The minimum atomic E-state index is -0.396. The van der Waals surface area contributed by atoms with E-state index in [4.69, 9.17) is 18.0 Å². The highest BCUT2D eigenvalue weighted by molar-refractivity contribution is 7.80. The first-order valence-electron chi connectivity index (χ1n) is 5.91. The van der Waals surface area contributed by atoms with E-state index in [1.165, 1.54) is 0 Å². The topological polar surface area (TPSA) is 84.2 Å². The summed E-state index contributed by atoms with van der Waals surface area (Å²) in [4.78, 5) is 23.1. The number of amides is 2. The van der Waals surface area contributed by atoms with Gasteiger partial charge in [0.2, 0.25) is 11.8 Å². The van der Waals surface area contributed by atoms with Crippen molar-refractivity contribution in [3.05, 3.63) is 0 Å². The number of nitrogens with one attached hydrogen (secondary N) is 2. The largest absolute Gasteiger partial charge is 0.393 e. The number of piperidine rings is 1. The van der Waals surface area contributed by atoms with E-state index in [-0.39, 0.29) is 22.8 Å². The van der Waals surface area contributed by atoms with Gasteiger partial charge in [-0.05, 0) is 12.8 Å². The van der Waals surface area contributed by atoms with Gasteiger partial charge in [0, 0.05) is 19.0 Å². The molecule has 17 heavy (non-hydrogen) atoms. The van der Waals surface area contributed by atoms with Gasteiger partial charge in [-0.3, -0.25) is 9.59 Å². The maximum absolute atomic E-state index is 11.9. The number of thiocarbonyl (C=S) groups is 1. The average Bonchev–Trinajstić information content (AvgIpc) is 2.28. The molecule has 5 nitrogen and oxygen atoms in total. The van der Waals surface area contributed by atoms with Crippen LogP contribution in [0.3, 0.4) is 0 Å². The number of carbonyl (C=O) groups excluding carboxylic acids is 2. The quantitative estimate of drug-likeness (QED) is 0.609. The van der Waals surface area contributed by atoms with Crippen LogP contribution >= 0.6 is 12.2 Å². The molecule has 0 radical (unpaired) electrons. The first kappa shape index (κ1) is 13.9. The number of hydrogen-bond acceptors (Lipinski definition) is 3. The summed E-state index contributed by atoms with van der Waals surface area (Å²) in [6, 6.07) is -0.00564. The van der Waals surface area contributed by atoms with Crippen molar-refractivity contribution in [2.75, 3.05) is 6.54 Å². The van der Waals surface area contributed by atoms with Gasteiger partial charge in [-0.1, -0.05) is 25.6 Å². The second kappa shape index (κ2) is 6.54. The third kappa shape index (κ3) is 4.30. The summed E-state index contributed by atoms with van der Waals surface area (Å²) >= 11 is 4.89. The first-order valence-corrected chi connectivity index (χ1v) is 6.31. The molecule has 0 saturated carbocycles. The van der Waals surface area contributed by atoms with Gasteiger partial charge < -0.3 is 16.4 Å². The Kier molecular flexibility index (Phi) is 5.34. The lowest BCUT2D eigenvalue weighted by Crippen LogP contribution is -2.50. The Hall–Kier alpha value is -1.17. The van der Waals surface area contributed by atoms with E-state index in [1.54, 1.807) is 0 Å².